The normalized spacial score (nSPS) is 35.5. The summed E-state index contributed by atoms with van der Waals surface area (Å²) in [5, 5.41) is 3.59. The molecule has 74 valence electrons. The third kappa shape index (κ3) is 2.25. The molecule has 0 spiro atoms. The van der Waals surface area contributed by atoms with Gasteiger partial charge in [-0.2, -0.15) is 0 Å². The Kier molecular flexibility index (Phi) is 3.25. The Bertz CT molecular complexity index is 179. The molecule has 2 aliphatic heterocycles. The van der Waals surface area contributed by atoms with E-state index in [4.69, 9.17) is 11.6 Å². The molecule has 2 fully saturated rings. The molecule has 2 heterocycles. The maximum Gasteiger partial charge on any atom is 0.0235 e. The minimum absolute atomic E-state index is 0.748. The van der Waals surface area contributed by atoms with Crippen molar-refractivity contribution in [3.63, 3.8) is 0 Å². The number of nitrogens with zero attached hydrogens (tertiary/aromatic N) is 1. The predicted molar refractivity (Wildman–Crippen MR) is 55.9 cm³/mol. The van der Waals surface area contributed by atoms with Crippen molar-refractivity contribution in [3.05, 3.63) is 11.6 Å². The Hall–Kier alpha value is -0.0500. The van der Waals surface area contributed by atoms with Crippen LogP contribution < -0.4 is 5.32 Å². The van der Waals surface area contributed by atoms with Gasteiger partial charge in [-0.15, -0.1) is 0 Å². The van der Waals surface area contributed by atoms with Crippen LogP contribution in [-0.2, 0) is 0 Å². The summed E-state index contributed by atoms with van der Waals surface area (Å²) in [5.41, 5.74) is 1.62. The summed E-state index contributed by atoms with van der Waals surface area (Å²) in [6.07, 6.45) is 4.78. The largest absolute Gasteiger partial charge is 0.312 e. The van der Waals surface area contributed by atoms with E-state index in [2.05, 4.69) is 10.2 Å². The molecule has 2 atom stereocenters. The molecule has 3 heteroatoms. The van der Waals surface area contributed by atoms with E-state index < -0.39 is 0 Å². The topological polar surface area (TPSA) is 15.3 Å². The first kappa shape index (κ1) is 9.50. The average Bonchev–Trinajstić information content (AvgIpc) is 2.57. The summed E-state index contributed by atoms with van der Waals surface area (Å²) in [6.45, 7) is 4.67. The summed E-state index contributed by atoms with van der Waals surface area (Å²) in [7, 11) is 0. The monoisotopic (exact) mass is 200 g/mol. The van der Waals surface area contributed by atoms with E-state index in [0.29, 0.717) is 0 Å². The second kappa shape index (κ2) is 4.45. The molecule has 0 aromatic rings. The number of hydrogen-bond acceptors (Lipinski definition) is 2. The minimum Gasteiger partial charge on any atom is -0.312 e. The van der Waals surface area contributed by atoms with E-state index in [9.17, 15) is 0 Å². The lowest BCUT2D eigenvalue weighted by Gasteiger charge is -2.24. The molecule has 0 aromatic carbocycles. The maximum atomic E-state index is 5.51. The highest BCUT2D eigenvalue weighted by Gasteiger charge is 2.33. The number of piperidine rings is 1. The average molecular weight is 201 g/mol. The van der Waals surface area contributed by atoms with Crippen molar-refractivity contribution in [1.82, 2.24) is 10.2 Å². The quantitative estimate of drug-likeness (QED) is 0.726. The van der Waals surface area contributed by atoms with Crippen LogP contribution in [0.3, 0.4) is 0 Å². The summed E-state index contributed by atoms with van der Waals surface area (Å²) in [5.74, 6) is 0.887. The van der Waals surface area contributed by atoms with E-state index in [1.807, 2.05) is 6.08 Å². The number of hydrogen-bond donors (Lipinski definition) is 1. The Morgan fingerprint density at radius 2 is 2.38 bits per heavy atom. The summed E-state index contributed by atoms with van der Waals surface area (Å²) < 4.78 is 0. The van der Waals surface area contributed by atoms with Crippen LogP contribution in [0.15, 0.2) is 11.6 Å². The van der Waals surface area contributed by atoms with Gasteiger partial charge in [0.1, 0.15) is 0 Å². The van der Waals surface area contributed by atoms with Crippen LogP contribution in [0.25, 0.3) is 0 Å². The molecule has 0 saturated carbocycles. The molecule has 2 aliphatic rings. The molecule has 2 rings (SSSR count). The van der Waals surface area contributed by atoms with Gasteiger partial charge < -0.3 is 5.32 Å². The van der Waals surface area contributed by atoms with Crippen molar-refractivity contribution < 1.29 is 0 Å². The molecule has 13 heavy (non-hydrogen) atoms. The first-order chi connectivity index (χ1) is 6.40. The predicted octanol–water partition coefficient (Wildman–Crippen LogP) is 1.42. The third-order valence-electron chi connectivity index (χ3n) is 3.13. The molecule has 0 unspecified atom stereocenters. The van der Waals surface area contributed by atoms with Crippen LogP contribution in [0, 0.1) is 5.92 Å². The fraction of sp³-hybridized carbons (Fsp3) is 0.800. The fourth-order valence-electron chi connectivity index (χ4n) is 2.47. The van der Waals surface area contributed by atoms with Crippen molar-refractivity contribution in [1.29, 1.82) is 0 Å². The summed E-state index contributed by atoms with van der Waals surface area (Å²) >= 11 is 5.51. The smallest absolute Gasteiger partial charge is 0.0235 e. The molecule has 0 radical (unpaired) electrons. The Labute approximate surface area is 84.9 Å². The number of nitrogens with one attached hydrogen (secondary N) is 1. The van der Waals surface area contributed by atoms with Crippen LogP contribution >= 0.6 is 11.6 Å². The van der Waals surface area contributed by atoms with Crippen molar-refractivity contribution >= 4 is 11.6 Å². The van der Waals surface area contributed by atoms with Gasteiger partial charge in [-0.25, -0.2) is 0 Å². The van der Waals surface area contributed by atoms with Gasteiger partial charge >= 0.3 is 0 Å². The highest BCUT2D eigenvalue weighted by atomic mass is 35.5. The lowest BCUT2D eigenvalue weighted by atomic mass is 9.94. The first-order valence-corrected chi connectivity index (χ1v) is 5.55. The minimum atomic E-state index is 0.748. The van der Waals surface area contributed by atoms with Gasteiger partial charge in [0.2, 0.25) is 0 Å². The van der Waals surface area contributed by atoms with Crippen LogP contribution in [0.4, 0.5) is 0 Å². The van der Waals surface area contributed by atoms with Crippen molar-refractivity contribution in [2.45, 2.75) is 18.9 Å². The highest BCUT2D eigenvalue weighted by molar-refractivity contribution is 6.25. The second-order valence-corrected chi connectivity index (χ2v) is 4.30. The van der Waals surface area contributed by atoms with Gasteiger partial charge in [0.25, 0.3) is 0 Å². The molecule has 0 aliphatic carbocycles. The van der Waals surface area contributed by atoms with Crippen LogP contribution in [-0.4, -0.2) is 37.1 Å². The van der Waals surface area contributed by atoms with Crippen LogP contribution in [0.5, 0.6) is 0 Å². The SMILES string of the molecule is Cl/C=C/CN1C[C@@H]2CCCN[C@@H]2C1. The Morgan fingerprint density at radius 3 is 3.15 bits per heavy atom. The standard InChI is InChI=1S/C10H17ClN2/c11-4-2-6-13-7-9-3-1-5-12-10(9)8-13/h2,4,9-10,12H,1,3,5-8H2/b4-2+/t9-,10+/m0/s1. The van der Waals surface area contributed by atoms with Crippen molar-refractivity contribution in [2.75, 3.05) is 26.2 Å². The Balaban J connectivity index is 1.84. The van der Waals surface area contributed by atoms with E-state index >= 15 is 0 Å². The van der Waals surface area contributed by atoms with E-state index in [-0.39, 0.29) is 0 Å². The van der Waals surface area contributed by atoms with Crippen molar-refractivity contribution in [3.8, 4) is 0 Å². The number of fused-ring (bicyclic) bond motifs is 1. The van der Waals surface area contributed by atoms with Gasteiger partial charge in [0.15, 0.2) is 0 Å². The number of halogens is 1. The zero-order chi connectivity index (χ0) is 9.10. The highest BCUT2D eigenvalue weighted by Crippen LogP contribution is 2.24. The van der Waals surface area contributed by atoms with Gasteiger partial charge in [-0.1, -0.05) is 17.7 Å². The van der Waals surface area contributed by atoms with Crippen molar-refractivity contribution in [2.24, 2.45) is 5.92 Å². The van der Waals surface area contributed by atoms with Gasteiger partial charge in [-0.3, -0.25) is 4.90 Å². The molecule has 2 saturated heterocycles. The molecule has 0 amide bonds. The van der Waals surface area contributed by atoms with Crippen LogP contribution in [0.1, 0.15) is 12.8 Å². The fourth-order valence-corrected chi connectivity index (χ4v) is 2.55. The third-order valence-corrected chi connectivity index (χ3v) is 3.31. The lowest BCUT2D eigenvalue weighted by Crippen LogP contribution is -2.40. The van der Waals surface area contributed by atoms with E-state index in [1.54, 1.807) is 5.54 Å². The zero-order valence-electron chi connectivity index (χ0n) is 7.88. The van der Waals surface area contributed by atoms with Gasteiger partial charge in [-0.05, 0) is 25.3 Å². The van der Waals surface area contributed by atoms with E-state index in [1.165, 1.54) is 32.5 Å². The number of rotatable bonds is 2. The first-order valence-electron chi connectivity index (χ1n) is 5.11. The molecule has 2 nitrogen and oxygen atoms in total. The maximum absolute atomic E-state index is 5.51. The molecular formula is C10H17ClN2. The Morgan fingerprint density at radius 1 is 1.46 bits per heavy atom. The van der Waals surface area contributed by atoms with Gasteiger partial charge in [0.05, 0.1) is 0 Å². The molecule has 0 bridgehead atoms. The molecule has 1 N–H and O–H groups in total. The zero-order valence-corrected chi connectivity index (χ0v) is 8.63. The summed E-state index contributed by atoms with van der Waals surface area (Å²) in [6, 6.07) is 0.748. The molecule has 0 aromatic heterocycles. The van der Waals surface area contributed by atoms with Gasteiger partial charge in [0, 0.05) is 31.2 Å². The van der Waals surface area contributed by atoms with Crippen LogP contribution in [0.2, 0.25) is 0 Å². The lowest BCUT2D eigenvalue weighted by molar-refractivity contribution is 0.335. The second-order valence-electron chi connectivity index (χ2n) is 4.04. The number of likely N-dealkylation sites (tertiary alicyclic amines) is 1. The van der Waals surface area contributed by atoms with E-state index in [0.717, 1.165) is 18.5 Å². The molecular weight excluding hydrogens is 184 g/mol. The summed E-state index contributed by atoms with van der Waals surface area (Å²) in [4.78, 5) is 2.48.